The molecule has 4 nitrogen and oxygen atoms in total. The fourth-order valence-corrected chi connectivity index (χ4v) is 3.58. The molecule has 0 heterocycles. The van der Waals surface area contributed by atoms with Crippen LogP contribution in [0.3, 0.4) is 0 Å². The fourth-order valence-electron chi connectivity index (χ4n) is 3.26. The van der Waals surface area contributed by atoms with Gasteiger partial charge in [0, 0.05) is 11.3 Å². The average molecular weight is 458 g/mol. The molecule has 0 radical (unpaired) electrons. The Labute approximate surface area is 192 Å². The number of benzene rings is 3. The molecule has 1 amide bonds. The number of carbonyl (C=O) groups is 1. The fraction of sp³-hybridized carbons (Fsp3) is 0.240. The number of aliphatic hydroxyl groups is 2. The molecule has 0 saturated carbocycles. The topological polar surface area (TPSA) is 69.6 Å². The van der Waals surface area contributed by atoms with Gasteiger partial charge in [-0.2, -0.15) is 0 Å². The second kappa shape index (κ2) is 9.41. The van der Waals surface area contributed by atoms with Gasteiger partial charge in [0.25, 0.3) is 0 Å². The molecule has 0 aliphatic carbocycles. The second-order valence-electron chi connectivity index (χ2n) is 8.48. The molecule has 0 bridgehead atoms. The number of rotatable bonds is 5. The summed E-state index contributed by atoms with van der Waals surface area (Å²) in [6.07, 6.45) is -1.65. The molecule has 3 aromatic carbocycles. The van der Waals surface area contributed by atoms with Crippen LogP contribution in [-0.4, -0.2) is 16.1 Å². The highest BCUT2D eigenvalue weighted by atomic mass is 35.5. The molecule has 0 atom stereocenters. The van der Waals surface area contributed by atoms with Gasteiger partial charge in [-0.3, -0.25) is 4.79 Å². The number of nitrogens with one attached hydrogen (secondary N) is 1. The van der Waals surface area contributed by atoms with Gasteiger partial charge in [-0.05, 0) is 51.9 Å². The van der Waals surface area contributed by atoms with Crippen LogP contribution >= 0.6 is 23.2 Å². The van der Waals surface area contributed by atoms with Crippen molar-refractivity contribution in [1.82, 2.24) is 0 Å². The number of carbonyl (C=O) groups excluding carboxylic acids is 1. The minimum absolute atomic E-state index is 0.0490. The summed E-state index contributed by atoms with van der Waals surface area (Å²) in [6.45, 7) is 6.45. The van der Waals surface area contributed by atoms with Gasteiger partial charge in [0.1, 0.15) is 0 Å². The van der Waals surface area contributed by atoms with Gasteiger partial charge in [-0.25, -0.2) is 0 Å². The molecule has 0 aromatic heterocycles. The van der Waals surface area contributed by atoms with Crippen LogP contribution < -0.4 is 5.32 Å². The van der Waals surface area contributed by atoms with Gasteiger partial charge < -0.3 is 15.5 Å². The number of hydrogen-bond donors (Lipinski definition) is 3. The molecular weight excluding hydrogens is 433 g/mol. The van der Waals surface area contributed by atoms with E-state index in [1.807, 2.05) is 18.2 Å². The van der Waals surface area contributed by atoms with Gasteiger partial charge in [-0.1, -0.05) is 80.4 Å². The number of aliphatic hydroxyl groups excluding tert-OH is 1. The van der Waals surface area contributed by atoms with Crippen LogP contribution in [0.4, 0.5) is 5.69 Å². The van der Waals surface area contributed by atoms with Crippen molar-refractivity contribution in [2.24, 2.45) is 0 Å². The summed E-state index contributed by atoms with van der Waals surface area (Å²) in [5.41, 5.74) is 4.30. The lowest BCUT2D eigenvalue weighted by atomic mass is 9.86. The zero-order valence-corrected chi connectivity index (χ0v) is 19.1. The van der Waals surface area contributed by atoms with Crippen LogP contribution in [0.15, 0.2) is 60.7 Å². The molecule has 162 valence electrons. The van der Waals surface area contributed by atoms with Crippen LogP contribution in [0.2, 0.25) is 10.0 Å². The zero-order valence-electron chi connectivity index (χ0n) is 17.6. The van der Waals surface area contributed by atoms with E-state index in [9.17, 15) is 15.0 Å². The summed E-state index contributed by atoms with van der Waals surface area (Å²) in [5.74, 6) is -0.303. The monoisotopic (exact) mass is 457 g/mol. The lowest BCUT2D eigenvalue weighted by molar-refractivity contribution is -0.115. The molecule has 3 N–H and O–H groups in total. The van der Waals surface area contributed by atoms with Crippen LogP contribution in [0, 0.1) is 0 Å². The smallest absolute Gasteiger partial charge is 0.228 e. The van der Waals surface area contributed by atoms with Crippen molar-refractivity contribution in [3.63, 3.8) is 0 Å². The second-order valence-corrected chi connectivity index (χ2v) is 9.29. The van der Waals surface area contributed by atoms with E-state index in [0.717, 1.165) is 11.1 Å². The third-order valence-corrected chi connectivity index (χ3v) is 5.78. The van der Waals surface area contributed by atoms with E-state index in [-0.39, 0.29) is 23.3 Å². The highest BCUT2D eigenvalue weighted by Gasteiger charge is 2.16. The molecule has 31 heavy (non-hydrogen) atoms. The van der Waals surface area contributed by atoms with Crippen molar-refractivity contribution in [2.45, 2.75) is 38.9 Å². The predicted octanol–water partition coefficient (Wildman–Crippen LogP) is 6.12. The van der Waals surface area contributed by atoms with Crippen molar-refractivity contribution in [2.75, 3.05) is 5.32 Å². The quantitative estimate of drug-likeness (QED) is 0.404. The van der Waals surface area contributed by atoms with Gasteiger partial charge in [0.15, 0.2) is 6.29 Å². The first-order valence-corrected chi connectivity index (χ1v) is 10.6. The summed E-state index contributed by atoms with van der Waals surface area (Å²) in [6, 6.07) is 18.3. The van der Waals surface area contributed by atoms with E-state index in [2.05, 4.69) is 38.2 Å². The summed E-state index contributed by atoms with van der Waals surface area (Å²) >= 11 is 11.9. The van der Waals surface area contributed by atoms with Gasteiger partial charge >= 0.3 is 0 Å². The molecule has 6 heteroatoms. The van der Waals surface area contributed by atoms with E-state index in [4.69, 9.17) is 23.2 Å². The van der Waals surface area contributed by atoms with Crippen LogP contribution in [0.25, 0.3) is 11.1 Å². The molecule has 0 unspecified atom stereocenters. The Balaban J connectivity index is 1.81. The lowest BCUT2D eigenvalue weighted by Crippen LogP contribution is -2.16. The number of hydrogen-bond acceptors (Lipinski definition) is 3. The Morgan fingerprint density at radius 2 is 1.55 bits per heavy atom. The van der Waals surface area contributed by atoms with Gasteiger partial charge in [0.05, 0.1) is 16.5 Å². The molecule has 0 aliphatic rings. The Hall–Kier alpha value is -2.37. The van der Waals surface area contributed by atoms with Crippen molar-refractivity contribution >= 4 is 34.8 Å². The number of amides is 1. The Kier molecular flexibility index (Phi) is 7.07. The van der Waals surface area contributed by atoms with E-state index in [1.165, 1.54) is 5.56 Å². The molecule has 0 spiro atoms. The van der Waals surface area contributed by atoms with E-state index in [1.54, 1.807) is 30.3 Å². The highest BCUT2D eigenvalue weighted by molar-refractivity contribution is 6.42. The molecule has 0 fully saturated rings. The zero-order chi connectivity index (χ0) is 22.8. The molecule has 0 saturated heterocycles. The highest BCUT2D eigenvalue weighted by Crippen LogP contribution is 2.31. The predicted molar refractivity (Wildman–Crippen MR) is 127 cm³/mol. The summed E-state index contributed by atoms with van der Waals surface area (Å²) in [5, 5.41) is 23.3. The lowest BCUT2D eigenvalue weighted by Gasteiger charge is -2.19. The first-order chi connectivity index (χ1) is 14.5. The summed E-state index contributed by atoms with van der Waals surface area (Å²) in [7, 11) is 0. The maximum absolute atomic E-state index is 12.5. The van der Waals surface area contributed by atoms with E-state index in [0.29, 0.717) is 21.3 Å². The average Bonchev–Trinajstić information content (AvgIpc) is 2.70. The minimum Gasteiger partial charge on any atom is -0.364 e. The third kappa shape index (κ3) is 5.86. The maximum Gasteiger partial charge on any atom is 0.228 e. The van der Waals surface area contributed by atoms with E-state index < -0.39 is 6.29 Å². The van der Waals surface area contributed by atoms with Crippen LogP contribution in [0.1, 0.15) is 43.8 Å². The summed E-state index contributed by atoms with van der Waals surface area (Å²) in [4.78, 5) is 12.5. The normalized spacial score (nSPS) is 11.6. The largest absolute Gasteiger partial charge is 0.364 e. The van der Waals surface area contributed by atoms with E-state index >= 15 is 0 Å². The third-order valence-electron chi connectivity index (χ3n) is 5.04. The number of anilines is 1. The first kappa shape index (κ1) is 23.3. The van der Waals surface area contributed by atoms with Crippen LogP contribution in [0.5, 0.6) is 0 Å². The Morgan fingerprint density at radius 1 is 0.903 bits per heavy atom. The molecule has 3 aromatic rings. The maximum atomic E-state index is 12.5. The van der Waals surface area contributed by atoms with Crippen molar-refractivity contribution < 1.29 is 15.0 Å². The first-order valence-electron chi connectivity index (χ1n) is 9.89. The summed E-state index contributed by atoms with van der Waals surface area (Å²) < 4.78 is 0. The van der Waals surface area contributed by atoms with Crippen LogP contribution in [-0.2, 0) is 16.6 Å². The molecular formula is C25H25Cl2NO3. The standard InChI is InChI=1S/C25H25Cl2NO3/c1-25(2,3)18-8-5-16(6-9-18)17-7-11-22(19(14-17)24(30)31)28-23(29)13-15-4-10-20(26)21(27)12-15/h4-12,14,24,30-31H,13H2,1-3H3,(H,28,29). The van der Waals surface area contributed by atoms with Gasteiger partial charge in [0.2, 0.25) is 5.91 Å². The molecule has 0 aliphatic heterocycles. The molecule has 3 rings (SSSR count). The van der Waals surface area contributed by atoms with Crippen molar-refractivity contribution in [3.8, 4) is 11.1 Å². The Bertz CT molecular complexity index is 1090. The van der Waals surface area contributed by atoms with Crippen molar-refractivity contribution in [3.05, 3.63) is 87.4 Å². The SMILES string of the molecule is CC(C)(C)c1ccc(-c2ccc(NC(=O)Cc3ccc(Cl)c(Cl)c3)c(C(O)O)c2)cc1. The van der Waals surface area contributed by atoms with Crippen molar-refractivity contribution in [1.29, 1.82) is 0 Å². The van der Waals surface area contributed by atoms with Gasteiger partial charge in [-0.15, -0.1) is 0 Å². The number of halogens is 2. The Morgan fingerprint density at radius 3 is 2.13 bits per heavy atom. The minimum atomic E-state index is -1.73.